The van der Waals surface area contributed by atoms with Crippen LogP contribution < -0.4 is 0 Å². The van der Waals surface area contributed by atoms with E-state index < -0.39 is 18.0 Å². The van der Waals surface area contributed by atoms with E-state index in [9.17, 15) is 15.3 Å². The van der Waals surface area contributed by atoms with Crippen molar-refractivity contribution in [2.75, 3.05) is 6.61 Å². The minimum absolute atomic E-state index is 0.218. The maximum absolute atomic E-state index is 10.1. The molecule has 0 saturated carbocycles. The van der Waals surface area contributed by atoms with Crippen molar-refractivity contribution in [1.29, 1.82) is 0 Å². The first-order valence-electron chi connectivity index (χ1n) is 5.41. The zero-order valence-electron chi connectivity index (χ0n) is 9.75. The average Bonchev–Trinajstić information content (AvgIpc) is 2.62. The Balaban J connectivity index is 2.15. The van der Waals surface area contributed by atoms with E-state index in [1.807, 2.05) is 0 Å². The van der Waals surface area contributed by atoms with Crippen molar-refractivity contribution < 1.29 is 24.8 Å². The number of rotatable bonds is 2. The van der Waals surface area contributed by atoms with Gasteiger partial charge in [0.2, 0.25) is 0 Å². The lowest BCUT2D eigenvalue weighted by Crippen LogP contribution is -2.25. The topological polar surface area (TPSA) is 79.2 Å². The maximum Gasteiger partial charge on any atom is 0.163 e. The van der Waals surface area contributed by atoms with Crippen LogP contribution in [0, 0.1) is 0 Å². The van der Waals surface area contributed by atoms with E-state index in [-0.39, 0.29) is 18.1 Å². The van der Waals surface area contributed by atoms with Crippen molar-refractivity contribution in [3.63, 3.8) is 0 Å². The van der Waals surface area contributed by atoms with Crippen LogP contribution in [-0.2, 0) is 9.47 Å². The van der Waals surface area contributed by atoms with Gasteiger partial charge in [-0.1, -0.05) is 6.07 Å². The SMILES string of the molecule is CC1(C)OC[C@@H]([C@H](O)c2ccc(O)c(O)c2)O1. The third-order valence-corrected chi connectivity index (χ3v) is 2.72. The number of aliphatic hydroxyl groups is 1. The minimum atomic E-state index is -0.900. The summed E-state index contributed by atoms with van der Waals surface area (Å²) in [4.78, 5) is 0. The first-order chi connectivity index (χ1) is 7.89. The molecule has 2 atom stereocenters. The van der Waals surface area contributed by atoms with Gasteiger partial charge < -0.3 is 24.8 Å². The molecule has 17 heavy (non-hydrogen) atoms. The molecule has 94 valence electrons. The van der Waals surface area contributed by atoms with E-state index in [0.717, 1.165) is 0 Å². The van der Waals surface area contributed by atoms with E-state index >= 15 is 0 Å². The van der Waals surface area contributed by atoms with Gasteiger partial charge in [-0.15, -0.1) is 0 Å². The number of phenols is 2. The molecule has 1 fully saturated rings. The van der Waals surface area contributed by atoms with E-state index in [4.69, 9.17) is 9.47 Å². The smallest absolute Gasteiger partial charge is 0.163 e. The highest BCUT2D eigenvalue weighted by Crippen LogP contribution is 2.33. The van der Waals surface area contributed by atoms with Crippen LogP contribution in [0.25, 0.3) is 0 Å². The molecule has 5 nitrogen and oxygen atoms in total. The normalized spacial score (nSPS) is 24.8. The fourth-order valence-corrected chi connectivity index (χ4v) is 1.81. The molecule has 0 spiro atoms. The molecule has 1 heterocycles. The number of aromatic hydroxyl groups is 2. The van der Waals surface area contributed by atoms with Crippen LogP contribution in [0.5, 0.6) is 11.5 Å². The van der Waals surface area contributed by atoms with Gasteiger partial charge in [-0.3, -0.25) is 0 Å². The van der Waals surface area contributed by atoms with E-state index in [1.165, 1.54) is 18.2 Å². The number of aliphatic hydroxyl groups excluding tert-OH is 1. The van der Waals surface area contributed by atoms with Crippen molar-refractivity contribution in [2.24, 2.45) is 0 Å². The summed E-state index contributed by atoms with van der Waals surface area (Å²) in [6.45, 7) is 3.83. The van der Waals surface area contributed by atoms with Crippen LogP contribution in [0.2, 0.25) is 0 Å². The van der Waals surface area contributed by atoms with Gasteiger partial charge in [-0.05, 0) is 31.5 Å². The Morgan fingerprint density at radius 1 is 1.29 bits per heavy atom. The van der Waals surface area contributed by atoms with E-state index in [2.05, 4.69) is 0 Å². The van der Waals surface area contributed by atoms with Crippen LogP contribution in [0.3, 0.4) is 0 Å². The lowest BCUT2D eigenvalue weighted by Gasteiger charge is -2.20. The number of hydrogen-bond acceptors (Lipinski definition) is 5. The zero-order valence-corrected chi connectivity index (χ0v) is 9.75. The van der Waals surface area contributed by atoms with Crippen LogP contribution >= 0.6 is 0 Å². The predicted octanol–water partition coefficient (Wildman–Crippen LogP) is 1.28. The van der Waals surface area contributed by atoms with Gasteiger partial charge in [-0.25, -0.2) is 0 Å². The first-order valence-corrected chi connectivity index (χ1v) is 5.41. The van der Waals surface area contributed by atoms with Crippen LogP contribution in [0.1, 0.15) is 25.5 Å². The van der Waals surface area contributed by atoms with Crippen LogP contribution in [-0.4, -0.2) is 33.8 Å². The fourth-order valence-electron chi connectivity index (χ4n) is 1.81. The highest BCUT2D eigenvalue weighted by atomic mass is 16.7. The highest BCUT2D eigenvalue weighted by molar-refractivity contribution is 5.41. The highest BCUT2D eigenvalue weighted by Gasteiger charge is 2.37. The Hall–Kier alpha value is -1.30. The molecule has 0 unspecified atom stereocenters. The van der Waals surface area contributed by atoms with Gasteiger partial charge in [0, 0.05) is 0 Å². The quantitative estimate of drug-likeness (QED) is 0.679. The Labute approximate surface area is 99.2 Å². The van der Waals surface area contributed by atoms with Crippen molar-refractivity contribution >= 4 is 0 Å². The Morgan fingerprint density at radius 3 is 2.53 bits per heavy atom. The van der Waals surface area contributed by atoms with Crippen molar-refractivity contribution in [3.05, 3.63) is 23.8 Å². The third-order valence-electron chi connectivity index (χ3n) is 2.72. The Morgan fingerprint density at radius 2 is 2.00 bits per heavy atom. The first kappa shape index (κ1) is 12.2. The summed E-state index contributed by atoms with van der Waals surface area (Å²) in [5, 5.41) is 28.6. The Kier molecular flexibility index (Phi) is 2.99. The van der Waals surface area contributed by atoms with Crippen molar-refractivity contribution in [1.82, 2.24) is 0 Å². The van der Waals surface area contributed by atoms with Gasteiger partial charge in [-0.2, -0.15) is 0 Å². The van der Waals surface area contributed by atoms with Gasteiger partial charge in [0.1, 0.15) is 12.2 Å². The number of phenolic OH excluding ortho intramolecular Hbond substituents is 2. The van der Waals surface area contributed by atoms with Gasteiger partial charge >= 0.3 is 0 Å². The molecule has 1 aromatic carbocycles. The summed E-state index contributed by atoms with van der Waals surface area (Å²) in [6, 6.07) is 4.18. The molecular formula is C12H16O5. The summed E-state index contributed by atoms with van der Waals surface area (Å²) in [7, 11) is 0. The molecule has 1 aliphatic heterocycles. The van der Waals surface area contributed by atoms with Crippen LogP contribution in [0.15, 0.2) is 18.2 Å². The standard InChI is InChI=1S/C12H16O5/c1-12(2)16-6-10(17-12)11(15)7-3-4-8(13)9(14)5-7/h3-5,10-11,13-15H,6H2,1-2H3/t10-,11+/m0/s1. The molecule has 2 rings (SSSR count). The maximum atomic E-state index is 10.1. The fraction of sp³-hybridized carbons (Fsp3) is 0.500. The minimum Gasteiger partial charge on any atom is -0.504 e. The molecule has 0 amide bonds. The Bertz CT molecular complexity index is 415. The molecule has 0 radical (unpaired) electrons. The summed E-state index contributed by atoms with van der Waals surface area (Å²) >= 11 is 0. The average molecular weight is 240 g/mol. The molecule has 0 aliphatic carbocycles. The molecule has 3 N–H and O–H groups in total. The summed E-state index contributed by atoms with van der Waals surface area (Å²) in [6.07, 6.45) is -1.38. The summed E-state index contributed by atoms with van der Waals surface area (Å²) in [5.74, 6) is -1.19. The monoisotopic (exact) mass is 240 g/mol. The second kappa shape index (κ2) is 4.18. The second-order valence-corrected chi connectivity index (χ2v) is 4.56. The van der Waals surface area contributed by atoms with Gasteiger partial charge in [0.05, 0.1) is 6.61 Å². The lowest BCUT2D eigenvalue weighted by atomic mass is 10.0. The van der Waals surface area contributed by atoms with Crippen molar-refractivity contribution in [2.45, 2.75) is 31.8 Å². The van der Waals surface area contributed by atoms with Crippen LogP contribution in [0.4, 0.5) is 0 Å². The van der Waals surface area contributed by atoms with Crippen molar-refractivity contribution in [3.8, 4) is 11.5 Å². The number of hydrogen-bond donors (Lipinski definition) is 3. The molecule has 1 saturated heterocycles. The summed E-state index contributed by atoms with van der Waals surface area (Å²) < 4.78 is 10.9. The molecular weight excluding hydrogens is 224 g/mol. The molecule has 0 aromatic heterocycles. The predicted molar refractivity (Wildman–Crippen MR) is 59.6 cm³/mol. The van der Waals surface area contributed by atoms with Gasteiger partial charge in [0.25, 0.3) is 0 Å². The third kappa shape index (κ3) is 2.52. The lowest BCUT2D eigenvalue weighted by molar-refractivity contribution is -0.151. The van der Waals surface area contributed by atoms with Gasteiger partial charge in [0.15, 0.2) is 17.3 Å². The molecule has 5 heteroatoms. The number of ether oxygens (including phenoxy) is 2. The van der Waals surface area contributed by atoms with E-state index in [0.29, 0.717) is 5.56 Å². The largest absolute Gasteiger partial charge is 0.504 e. The molecule has 1 aromatic rings. The molecule has 0 bridgehead atoms. The van der Waals surface area contributed by atoms with E-state index in [1.54, 1.807) is 13.8 Å². The number of benzene rings is 1. The zero-order chi connectivity index (χ0) is 12.6. The second-order valence-electron chi connectivity index (χ2n) is 4.56. The molecule has 1 aliphatic rings. The summed E-state index contributed by atoms with van der Waals surface area (Å²) in [5.41, 5.74) is 0.478.